The molecule has 0 spiro atoms. The smallest absolute Gasteiger partial charge is 0.159 e. The third-order valence-corrected chi connectivity index (χ3v) is 8.28. The fraction of sp³-hybridized carbons (Fsp3) is 0.762. The van der Waals surface area contributed by atoms with E-state index in [4.69, 9.17) is 0 Å². The van der Waals surface area contributed by atoms with Crippen molar-refractivity contribution in [3.8, 4) is 0 Å². The third-order valence-electron chi connectivity index (χ3n) is 8.28. The van der Waals surface area contributed by atoms with Gasteiger partial charge in [0, 0.05) is 24.3 Å². The molecule has 3 heteroatoms. The Morgan fingerprint density at radius 2 is 1.83 bits per heavy atom. The van der Waals surface area contributed by atoms with Gasteiger partial charge in [0.2, 0.25) is 0 Å². The van der Waals surface area contributed by atoms with Gasteiger partial charge in [0.05, 0.1) is 0 Å². The summed E-state index contributed by atoms with van der Waals surface area (Å²) in [5.41, 5.74) is 0.767. The van der Waals surface area contributed by atoms with Gasteiger partial charge in [-0.25, -0.2) is 0 Å². The maximum Gasteiger partial charge on any atom is 0.159 e. The zero-order chi connectivity index (χ0) is 17.3. The molecule has 0 aromatic rings. The van der Waals surface area contributed by atoms with E-state index in [0.29, 0.717) is 36.4 Å². The van der Waals surface area contributed by atoms with Gasteiger partial charge >= 0.3 is 0 Å². The van der Waals surface area contributed by atoms with Crippen LogP contribution in [-0.2, 0) is 14.4 Å². The highest BCUT2D eigenvalue weighted by Gasteiger charge is 2.61. The molecule has 130 valence electrons. The van der Waals surface area contributed by atoms with Gasteiger partial charge in [0.25, 0.3) is 0 Å². The number of Topliss-reactive ketones (excluding diaryl/α,β-unsaturated/α-hetero) is 2. The summed E-state index contributed by atoms with van der Waals surface area (Å²) in [6, 6.07) is 0. The number of hydrogen-bond acceptors (Lipinski definition) is 3. The molecule has 3 fully saturated rings. The van der Waals surface area contributed by atoms with Crippen molar-refractivity contribution >= 4 is 17.3 Å². The fourth-order valence-corrected chi connectivity index (χ4v) is 7.05. The largest absolute Gasteiger partial charge is 0.300 e. The Morgan fingerprint density at radius 3 is 2.54 bits per heavy atom. The molecule has 0 N–H and O–H groups in total. The van der Waals surface area contributed by atoms with E-state index in [-0.39, 0.29) is 28.3 Å². The monoisotopic (exact) mass is 328 g/mol. The maximum atomic E-state index is 12.9. The summed E-state index contributed by atoms with van der Waals surface area (Å²) < 4.78 is 0. The predicted octanol–water partition coefficient (Wildman–Crippen LogP) is 3.90. The van der Waals surface area contributed by atoms with Crippen LogP contribution >= 0.6 is 0 Å². The fourth-order valence-electron chi connectivity index (χ4n) is 7.05. The van der Waals surface area contributed by atoms with Crippen molar-refractivity contribution in [1.82, 2.24) is 0 Å². The molecule has 0 bridgehead atoms. The molecule has 6 atom stereocenters. The van der Waals surface area contributed by atoms with Crippen molar-refractivity contribution in [1.29, 1.82) is 0 Å². The first-order valence-corrected chi connectivity index (χ1v) is 9.56. The number of carbonyl (C=O) groups is 3. The van der Waals surface area contributed by atoms with Crippen molar-refractivity contribution in [2.45, 2.75) is 65.7 Å². The lowest BCUT2D eigenvalue weighted by molar-refractivity contribution is -0.134. The molecule has 4 rings (SSSR count). The molecule has 3 saturated carbocycles. The van der Waals surface area contributed by atoms with Crippen LogP contribution < -0.4 is 0 Å². The highest BCUT2D eigenvalue weighted by Crippen LogP contribution is 2.66. The molecule has 4 aliphatic rings. The summed E-state index contributed by atoms with van der Waals surface area (Å²) >= 11 is 0. The third kappa shape index (κ3) is 1.99. The molecule has 4 aliphatic carbocycles. The number of carbonyl (C=O) groups excluding carboxylic acids is 3. The lowest BCUT2D eigenvalue weighted by Crippen LogP contribution is -2.53. The Kier molecular flexibility index (Phi) is 3.47. The summed E-state index contributed by atoms with van der Waals surface area (Å²) in [6.07, 6.45) is 7.91. The van der Waals surface area contributed by atoms with Gasteiger partial charge < -0.3 is 0 Å². The van der Waals surface area contributed by atoms with Crippen LogP contribution in [0, 0.1) is 34.5 Å². The predicted molar refractivity (Wildman–Crippen MR) is 91.3 cm³/mol. The Bertz CT molecular complexity index is 660. The molecule has 0 aromatic carbocycles. The highest BCUT2D eigenvalue weighted by molar-refractivity contribution is 6.05. The van der Waals surface area contributed by atoms with Gasteiger partial charge in [-0.15, -0.1) is 0 Å². The second kappa shape index (κ2) is 5.12. The second-order valence-electron chi connectivity index (χ2n) is 9.23. The minimum atomic E-state index is -0.121. The van der Waals surface area contributed by atoms with Crippen molar-refractivity contribution in [2.75, 3.05) is 0 Å². The zero-order valence-corrected chi connectivity index (χ0v) is 15.1. The molecule has 24 heavy (non-hydrogen) atoms. The maximum absolute atomic E-state index is 12.9. The van der Waals surface area contributed by atoms with Crippen LogP contribution in [0.4, 0.5) is 0 Å². The van der Waals surface area contributed by atoms with Crippen molar-refractivity contribution in [2.24, 2.45) is 34.5 Å². The molecule has 0 heterocycles. The van der Waals surface area contributed by atoms with E-state index in [1.54, 1.807) is 13.0 Å². The Hall–Kier alpha value is -1.25. The van der Waals surface area contributed by atoms with E-state index in [1.165, 1.54) is 0 Å². The van der Waals surface area contributed by atoms with E-state index < -0.39 is 0 Å². The van der Waals surface area contributed by atoms with Gasteiger partial charge in [0.15, 0.2) is 11.6 Å². The molecular weight excluding hydrogens is 300 g/mol. The Labute approximate surface area is 144 Å². The molecule has 3 nitrogen and oxygen atoms in total. The second-order valence-corrected chi connectivity index (χ2v) is 9.23. The Balaban J connectivity index is 1.72. The molecule has 0 unspecified atom stereocenters. The van der Waals surface area contributed by atoms with Gasteiger partial charge in [-0.2, -0.15) is 0 Å². The number of rotatable bonds is 1. The van der Waals surface area contributed by atoms with Gasteiger partial charge in [-0.3, -0.25) is 14.4 Å². The number of fused-ring (bicyclic) bond motifs is 5. The van der Waals surface area contributed by atoms with Crippen LogP contribution in [0.2, 0.25) is 0 Å². The SMILES string of the molecule is CC(=O)[C@H]1CC[C@H]2[C@H]3CC(=O)C4=CC(=O)CC[C@@]4(C)[C@@H]3CC[C@]12C. The summed E-state index contributed by atoms with van der Waals surface area (Å²) in [5.74, 6) is 2.21. The van der Waals surface area contributed by atoms with E-state index in [0.717, 1.165) is 37.7 Å². The van der Waals surface area contributed by atoms with Crippen LogP contribution in [0.1, 0.15) is 65.7 Å². The standard InChI is InChI=1S/C21H28O3/c1-12(22)15-4-5-16-14-11-19(24)18-10-13(23)6-8-21(18,3)17(14)7-9-20(15,16)2/h10,14-17H,4-9,11H2,1-3H3/t14-,15-,16+,17-,20-,21+/m1/s1. The van der Waals surface area contributed by atoms with Gasteiger partial charge in [0.1, 0.15) is 5.78 Å². The summed E-state index contributed by atoms with van der Waals surface area (Å²) in [4.78, 5) is 36.9. The Morgan fingerprint density at radius 1 is 1.08 bits per heavy atom. The average molecular weight is 328 g/mol. The topological polar surface area (TPSA) is 51.2 Å². The first-order valence-electron chi connectivity index (χ1n) is 9.56. The molecular formula is C21H28O3. The normalized spacial score (nSPS) is 47.5. The minimum Gasteiger partial charge on any atom is -0.300 e. The van der Waals surface area contributed by atoms with Crippen LogP contribution in [0.3, 0.4) is 0 Å². The molecule has 0 aliphatic heterocycles. The highest BCUT2D eigenvalue weighted by atomic mass is 16.1. The van der Waals surface area contributed by atoms with E-state index in [9.17, 15) is 14.4 Å². The molecule has 0 radical (unpaired) electrons. The zero-order valence-electron chi connectivity index (χ0n) is 15.1. The van der Waals surface area contributed by atoms with Crippen LogP contribution in [0.25, 0.3) is 0 Å². The molecule has 0 amide bonds. The van der Waals surface area contributed by atoms with Crippen molar-refractivity contribution < 1.29 is 14.4 Å². The quantitative estimate of drug-likeness (QED) is 0.733. The first-order chi connectivity index (χ1) is 11.3. The van der Waals surface area contributed by atoms with Crippen molar-refractivity contribution in [3.63, 3.8) is 0 Å². The van der Waals surface area contributed by atoms with Crippen molar-refractivity contribution in [3.05, 3.63) is 11.6 Å². The van der Waals surface area contributed by atoms with Crippen LogP contribution in [-0.4, -0.2) is 17.3 Å². The van der Waals surface area contributed by atoms with Crippen LogP contribution in [0.5, 0.6) is 0 Å². The first kappa shape index (κ1) is 16.2. The van der Waals surface area contributed by atoms with Crippen LogP contribution in [0.15, 0.2) is 11.6 Å². The summed E-state index contributed by atoms with van der Waals surface area (Å²) in [5, 5.41) is 0. The van der Waals surface area contributed by atoms with Gasteiger partial charge in [-0.1, -0.05) is 13.8 Å². The van der Waals surface area contributed by atoms with E-state index in [2.05, 4.69) is 13.8 Å². The summed E-state index contributed by atoms with van der Waals surface area (Å²) in [7, 11) is 0. The molecule has 0 saturated heterocycles. The minimum absolute atomic E-state index is 0.0787. The van der Waals surface area contributed by atoms with E-state index >= 15 is 0 Å². The van der Waals surface area contributed by atoms with Gasteiger partial charge in [-0.05, 0) is 73.7 Å². The number of allylic oxidation sites excluding steroid dienone is 1. The van der Waals surface area contributed by atoms with E-state index in [1.807, 2.05) is 0 Å². The summed E-state index contributed by atoms with van der Waals surface area (Å²) in [6.45, 7) is 6.26. The number of hydrogen-bond donors (Lipinski definition) is 0. The average Bonchev–Trinajstić information content (AvgIpc) is 2.87. The lowest BCUT2D eigenvalue weighted by atomic mass is 9.46. The molecule has 0 aromatic heterocycles. The lowest BCUT2D eigenvalue weighted by Gasteiger charge is -2.57. The number of ketones is 3.